The molecule has 1 atom stereocenters. The number of hydrogen-bond donors (Lipinski definition) is 2. The SMILES string of the molecule is CC(C)C[C@H](N)C(=O)c1ccnc(CN)n1. The average molecular weight is 222 g/mol. The number of Topliss-reactive ketones (excluding diaryl/α,β-unsaturated/α-hetero) is 1. The Balaban J connectivity index is 2.79. The minimum absolute atomic E-state index is 0.147. The van der Waals surface area contributed by atoms with E-state index in [0.717, 1.165) is 0 Å². The van der Waals surface area contributed by atoms with Gasteiger partial charge in [0.15, 0.2) is 5.78 Å². The first-order valence-electron chi connectivity index (χ1n) is 5.36. The van der Waals surface area contributed by atoms with Gasteiger partial charge in [0.1, 0.15) is 11.5 Å². The quantitative estimate of drug-likeness (QED) is 0.707. The van der Waals surface area contributed by atoms with Gasteiger partial charge in [-0.3, -0.25) is 4.79 Å². The predicted molar refractivity (Wildman–Crippen MR) is 61.7 cm³/mol. The summed E-state index contributed by atoms with van der Waals surface area (Å²) in [5, 5.41) is 0. The number of hydrogen-bond acceptors (Lipinski definition) is 5. The minimum Gasteiger partial charge on any atom is -0.324 e. The van der Waals surface area contributed by atoms with Crippen molar-refractivity contribution in [2.24, 2.45) is 17.4 Å². The summed E-state index contributed by atoms with van der Waals surface area (Å²) in [4.78, 5) is 19.9. The van der Waals surface area contributed by atoms with Crippen LogP contribution in [-0.4, -0.2) is 21.8 Å². The Kier molecular flexibility index (Phi) is 4.52. The van der Waals surface area contributed by atoms with Crippen LogP contribution in [0.3, 0.4) is 0 Å². The second-order valence-corrected chi connectivity index (χ2v) is 4.16. The molecule has 0 aliphatic rings. The molecule has 0 aromatic carbocycles. The second-order valence-electron chi connectivity index (χ2n) is 4.16. The van der Waals surface area contributed by atoms with Crippen molar-refractivity contribution in [3.8, 4) is 0 Å². The summed E-state index contributed by atoms with van der Waals surface area (Å²) in [6.07, 6.45) is 2.19. The first-order valence-corrected chi connectivity index (χ1v) is 5.36. The summed E-state index contributed by atoms with van der Waals surface area (Å²) in [5.74, 6) is 0.697. The third-order valence-electron chi connectivity index (χ3n) is 2.20. The Morgan fingerprint density at radius 3 is 2.75 bits per heavy atom. The monoisotopic (exact) mass is 222 g/mol. The Morgan fingerprint density at radius 1 is 1.50 bits per heavy atom. The van der Waals surface area contributed by atoms with Gasteiger partial charge in [-0.1, -0.05) is 13.8 Å². The molecule has 0 unspecified atom stereocenters. The van der Waals surface area contributed by atoms with E-state index in [1.165, 1.54) is 6.20 Å². The molecule has 0 fully saturated rings. The zero-order valence-electron chi connectivity index (χ0n) is 9.68. The smallest absolute Gasteiger partial charge is 0.197 e. The van der Waals surface area contributed by atoms with Crippen LogP contribution in [0.2, 0.25) is 0 Å². The number of nitrogens with two attached hydrogens (primary N) is 2. The number of nitrogens with zero attached hydrogens (tertiary/aromatic N) is 2. The van der Waals surface area contributed by atoms with E-state index < -0.39 is 6.04 Å². The van der Waals surface area contributed by atoms with Crippen molar-refractivity contribution in [3.05, 3.63) is 23.8 Å². The molecule has 4 N–H and O–H groups in total. The van der Waals surface area contributed by atoms with Crippen molar-refractivity contribution in [1.82, 2.24) is 9.97 Å². The Labute approximate surface area is 95.3 Å². The van der Waals surface area contributed by atoms with Crippen molar-refractivity contribution in [3.63, 3.8) is 0 Å². The maximum absolute atomic E-state index is 11.9. The average Bonchev–Trinajstić information content (AvgIpc) is 2.27. The molecule has 0 aliphatic carbocycles. The van der Waals surface area contributed by atoms with Gasteiger partial charge in [-0.15, -0.1) is 0 Å². The van der Waals surface area contributed by atoms with Crippen molar-refractivity contribution in [1.29, 1.82) is 0 Å². The lowest BCUT2D eigenvalue weighted by molar-refractivity contribution is 0.0945. The van der Waals surface area contributed by atoms with Gasteiger partial charge < -0.3 is 11.5 Å². The second kappa shape index (κ2) is 5.67. The van der Waals surface area contributed by atoms with Crippen LogP contribution in [-0.2, 0) is 6.54 Å². The van der Waals surface area contributed by atoms with Gasteiger partial charge in [0.2, 0.25) is 0 Å². The van der Waals surface area contributed by atoms with Crippen LogP contribution in [0.15, 0.2) is 12.3 Å². The molecule has 0 saturated carbocycles. The Hall–Kier alpha value is -1.33. The highest BCUT2D eigenvalue weighted by Crippen LogP contribution is 2.07. The van der Waals surface area contributed by atoms with Gasteiger partial charge in [-0.2, -0.15) is 0 Å². The molecule has 1 heterocycles. The third-order valence-corrected chi connectivity index (χ3v) is 2.20. The molecule has 16 heavy (non-hydrogen) atoms. The number of carbonyl (C=O) groups is 1. The van der Waals surface area contributed by atoms with E-state index in [0.29, 0.717) is 23.9 Å². The zero-order chi connectivity index (χ0) is 12.1. The van der Waals surface area contributed by atoms with Crippen molar-refractivity contribution < 1.29 is 4.79 Å². The number of carbonyl (C=O) groups excluding carboxylic acids is 1. The van der Waals surface area contributed by atoms with Gasteiger partial charge in [0, 0.05) is 6.20 Å². The van der Waals surface area contributed by atoms with Crippen LogP contribution in [0.25, 0.3) is 0 Å². The zero-order valence-corrected chi connectivity index (χ0v) is 9.68. The molecule has 1 aromatic heterocycles. The molecule has 1 rings (SSSR count). The summed E-state index contributed by atoms with van der Waals surface area (Å²) in [6, 6.07) is 1.07. The van der Waals surface area contributed by atoms with E-state index in [2.05, 4.69) is 9.97 Å². The lowest BCUT2D eigenvalue weighted by Gasteiger charge is -2.12. The first-order chi connectivity index (χ1) is 7.54. The molecular weight excluding hydrogens is 204 g/mol. The Morgan fingerprint density at radius 2 is 2.19 bits per heavy atom. The van der Waals surface area contributed by atoms with Gasteiger partial charge in [0.25, 0.3) is 0 Å². The summed E-state index contributed by atoms with van der Waals surface area (Å²) in [6.45, 7) is 4.28. The highest BCUT2D eigenvalue weighted by Gasteiger charge is 2.18. The molecule has 88 valence electrons. The molecule has 0 aliphatic heterocycles. The number of ketones is 1. The molecule has 1 aromatic rings. The largest absolute Gasteiger partial charge is 0.324 e. The van der Waals surface area contributed by atoms with Crippen LogP contribution in [0.4, 0.5) is 0 Å². The summed E-state index contributed by atoms with van der Waals surface area (Å²) < 4.78 is 0. The lowest BCUT2D eigenvalue weighted by atomic mass is 9.99. The van der Waals surface area contributed by atoms with Crippen LogP contribution in [0, 0.1) is 5.92 Å². The fourth-order valence-electron chi connectivity index (χ4n) is 1.44. The first kappa shape index (κ1) is 12.7. The normalized spacial score (nSPS) is 12.8. The fraction of sp³-hybridized carbons (Fsp3) is 0.545. The van der Waals surface area contributed by atoms with Crippen molar-refractivity contribution in [2.45, 2.75) is 32.9 Å². The van der Waals surface area contributed by atoms with Crippen LogP contribution in [0.5, 0.6) is 0 Å². The molecule has 0 spiro atoms. The number of aromatic nitrogens is 2. The molecule has 0 amide bonds. The Bertz CT molecular complexity index is 365. The fourth-order valence-corrected chi connectivity index (χ4v) is 1.44. The molecular formula is C11H18N4O. The highest BCUT2D eigenvalue weighted by atomic mass is 16.1. The van der Waals surface area contributed by atoms with Crippen molar-refractivity contribution >= 4 is 5.78 Å². The van der Waals surface area contributed by atoms with E-state index in [-0.39, 0.29) is 12.3 Å². The van der Waals surface area contributed by atoms with E-state index >= 15 is 0 Å². The standard InChI is InChI=1S/C11H18N4O/c1-7(2)5-8(13)11(16)9-3-4-14-10(6-12)15-9/h3-4,7-8H,5-6,12-13H2,1-2H3/t8-/m0/s1. The van der Waals surface area contributed by atoms with Crippen LogP contribution < -0.4 is 11.5 Å². The topological polar surface area (TPSA) is 94.9 Å². The van der Waals surface area contributed by atoms with E-state index in [4.69, 9.17) is 11.5 Å². The third kappa shape index (κ3) is 3.36. The molecule has 0 radical (unpaired) electrons. The lowest BCUT2D eigenvalue weighted by Crippen LogP contribution is -2.32. The minimum atomic E-state index is -0.500. The van der Waals surface area contributed by atoms with E-state index in [1.54, 1.807) is 6.07 Å². The number of rotatable bonds is 5. The maximum Gasteiger partial charge on any atom is 0.197 e. The summed E-state index contributed by atoms with van der Waals surface area (Å²) >= 11 is 0. The van der Waals surface area contributed by atoms with E-state index in [9.17, 15) is 4.79 Å². The van der Waals surface area contributed by atoms with Gasteiger partial charge >= 0.3 is 0 Å². The van der Waals surface area contributed by atoms with Gasteiger partial charge in [-0.25, -0.2) is 9.97 Å². The summed E-state index contributed by atoms with van der Waals surface area (Å²) in [5.41, 5.74) is 11.6. The van der Waals surface area contributed by atoms with Gasteiger partial charge in [0.05, 0.1) is 12.6 Å². The maximum atomic E-state index is 11.9. The molecule has 0 saturated heterocycles. The van der Waals surface area contributed by atoms with Gasteiger partial charge in [-0.05, 0) is 18.4 Å². The predicted octanol–water partition coefficient (Wildman–Crippen LogP) is 0.491. The van der Waals surface area contributed by atoms with Crippen molar-refractivity contribution in [2.75, 3.05) is 0 Å². The summed E-state index contributed by atoms with van der Waals surface area (Å²) in [7, 11) is 0. The van der Waals surface area contributed by atoms with Crippen LogP contribution >= 0.6 is 0 Å². The molecule has 5 heteroatoms. The molecule has 5 nitrogen and oxygen atoms in total. The van der Waals surface area contributed by atoms with Crippen LogP contribution in [0.1, 0.15) is 36.6 Å². The molecule has 0 bridgehead atoms. The highest BCUT2D eigenvalue weighted by molar-refractivity contribution is 5.98. The van der Waals surface area contributed by atoms with E-state index in [1.807, 2.05) is 13.8 Å².